The highest BCUT2D eigenvalue weighted by Gasteiger charge is 2.15. The Hall–Kier alpha value is -0.610. The molecule has 0 aromatic carbocycles. The number of nitrogens with one attached hydrogen (secondary N) is 1. The third-order valence-electron chi connectivity index (χ3n) is 2.65. The molecule has 0 amide bonds. The molecule has 0 aliphatic carbocycles. The van der Waals surface area contributed by atoms with Crippen LogP contribution in [0.2, 0.25) is 0 Å². The van der Waals surface area contributed by atoms with E-state index >= 15 is 0 Å². The molecule has 0 aromatic rings. The summed E-state index contributed by atoms with van der Waals surface area (Å²) in [6.45, 7) is 7.49. The van der Waals surface area contributed by atoms with Gasteiger partial charge < -0.3 is 15.3 Å². The fourth-order valence-corrected chi connectivity index (χ4v) is 2.03. The average Bonchev–Trinajstić information content (AvgIpc) is 2.12. The van der Waals surface area contributed by atoms with Gasteiger partial charge in [-0.15, -0.1) is 0 Å². The van der Waals surface area contributed by atoms with Crippen LogP contribution in [0.15, 0.2) is 0 Å². The number of likely N-dealkylation sites (N-methyl/N-ethyl adjacent to an activating group) is 1. The van der Waals surface area contributed by atoms with Crippen molar-refractivity contribution in [2.24, 2.45) is 5.92 Å². The van der Waals surface area contributed by atoms with Crippen molar-refractivity contribution >= 4 is 5.97 Å². The summed E-state index contributed by atoms with van der Waals surface area (Å²) < 4.78 is 0. The van der Waals surface area contributed by atoms with Crippen LogP contribution in [0.25, 0.3) is 0 Å². The summed E-state index contributed by atoms with van der Waals surface area (Å²) in [5, 5.41) is 12.2. The van der Waals surface area contributed by atoms with Crippen molar-refractivity contribution in [1.82, 2.24) is 10.2 Å². The van der Waals surface area contributed by atoms with Crippen molar-refractivity contribution < 1.29 is 9.90 Å². The average molecular weight is 244 g/mol. The topological polar surface area (TPSA) is 52.6 Å². The molecule has 0 heterocycles. The Morgan fingerprint density at radius 2 is 1.88 bits per heavy atom. The summed E-state index contributed by atoms with van der Waals surface area (Å²) >= 11 is 0. The summed E-state index contributed by atoms with van der Waals surface area (Å²) in [6, 6.07) is 0.698. The Bertz CT molecular complexity index is 207. The van der Waals surface area contributed by atoms with Crippen LogP contribution in [-0.2, 0) is 4.79 Å². The van der Waals surface area contributed by atoms with Crippen LogP contribution in [0.4, 0.5) is 0 Å². The summed E-state index contributed by atoms with van der Waals surface area (Å²) in [6.07, 6.45) is 2.05. The van der Waals surface area contributed by atoms with E-state index in [9.17, 15) is 4.79 Å². The van der Waals surface area contributed by atoms with Gasteiger partial charge in [0, 0.05) is 25.0 Å². The van der Waals surface area contributed by atoms with E-state index in [0.29, 0.717) is 18.4 Å². The molecule has 0 aromatic heterocycles. The molecule has 0 saturated carbocycles. The molecule has 0 radical (unpaired) electrons. The summed E-state index contributed by atoms with van der Waals surface area (Å²) in [7, 11) is 4.13. The predicted octanol–water partition coefficient (Wildman–Crippen LogP) is 1.81. The zero-order valence-corrected chi connectivity index (χ0v) is 11.9. The molecule has 0 bridgehead atoms. The van der Waals surface area contributed by atoms with E-state index < -0.39 is 5.97 Å². The van der Waals surface area contributed by atoms with Crippen molar-refractivity contribution in [2.75, 3.05) is 20.6 Å². The highest BCUT2D eigenvalue weighted by molar-refractivity contribution is 5.66. The molecule has 2 N–H and O–H groups in total. The maximum absolute atomic E-state index is 10.5. The van der Waals surface area contributed by atoms with Gasteiger partial charge in [0.1, 0.15) is 0 Å². The van der Waals surface area contributed by atoms with Crippen molar-refractivity contribution in [1.29, 1.82) is 0 Å². The lowest BCUT2D eigenvalue weighted by molar-refractivity contribution is -0.137. The minimum Gasteiger partial charge on any atom is -0.481 e. The van der Waals surface area contributed by atoms with E-state index in [2.05, 4.69) is 45.1 Å². The molecule has 2 atom stereocenters. The molecule has 2 unspecified atom stereocenters. The molecular formula is C13H28N2O2. The molecule has 4 heteroatoms. The maximum Gasteiger partial charge on any atom is 0.303 e. The van der Waals surface area contributed by atoms with E-state index in [1.54, 1.807) is 0 Å². The van der Waals surface area contributed by atoms with Gasteiger partial charge in [-0.3, -0.25) is 4.79 Å². The van der Waals surface area contributed by atoms with E-state index in [0.717, 1.165) is 13.0 Å². The monoisotopic (exact) mass is 244 g/mol. The van der Waals surface area contributed by atoms with Gasteiger partial charge in [0.15, 0.2) is 0 Å². The molecule has 4 nitrogen and oxygen atoms in total. The van der Waals surface area contributed by atoms with Crippen LogP contribution in [0.1, 0.15) is 40.0 Å². The number of nitrogens with zero attached hydrogens (tertiary/aromatic N) is 1. The third-order valence-corrected chi connectivity index (χ3v) is 2.65. The largest absolute Gasteiger partial charge is 0.481 e. The van der Waals surface area contributed by atoms with Crippen LogP contribution in [-0.4, -0.2) is 48.7 Å². The molecule has 0 rings (SSSR count). The Labute approximate surface area is 105 Å². The molecule has 0 fully saturated rings. The number of aliphatic carboxylic acids is 1. The number of hydrogen-bond donors (Lipinski definition) is 2. The first-order valence-corrected chi connectivity index (χ1v) is 6.43. The van der Waals surface area contributed by atoms with Crippen molar-refractivity contribution in [2.45, 2.75) is 52.1 Å². The summed E-state index contributed by atoms with van der Waals surface area (Å²) in [5.41, 5.74) is 0. The van der Waals surface area contributed by atoms with E-state index in [1.165, 1.54) is 0 Å². The van der Waals surface area contributed by atoms with Crippen LogP contribution in [0, 0.1) is 5.92 Å². The fourth-order valence-electron chi connectivity index (χ4n) is 2.03. The van der Waals surface area contributed by atoms with Gasteiger partial charge in [-0.1, -0.05) is 13.8 Å². The van der Waals surface area contributed by atoms with Crippen molar-refractivity contribution in [3.8, 4) is 0 Å². The summed E-state index contributed by atoms with van der Waals surface area (Å²) in [4.78, 5) is 12.7. The zero-order valence-electron chi connectivity index (χ0n) is 11.9. The first-order valence-electron chi connectivity index (χ1n) is 6.43. The Morgan fingerprint density at radius 1 is 1.29 bits per heavy atom. The Morgan fingerprint density at radius 3 is 2.29 bits per heavy atom. The maximum atomic E-state index is 10.5. The lowest BCUT2D eigenvalue weighted by atomic mass is 10.0. The number of rotatable bonds is 9. The summed E-state index contributed by atoms with van der Waals surface area (Å²) in [5.74, 6) is -0.0641. The van der Waals surface area contributed by atoms with Crippen LogP contribution >= 0.6 is 0 Å². The zero-order chi connectivity index (χ0) is 13.4. The van der Waals surface area contributed by atoms with Gasteiger partial charge in [0.05, 0.1) is 0 Å². The number of carbonyl (C=O) groups is 1. The van der Waals surface area contributed by atoms with E-state index in [1.807, 2.05) is 0 Å². The quantitative estimate of drug-likeness (QED) is 0.649. The first-order chi connectivity index (χ1) is 7.81. The molecule has 0 aliphatic heterocycles. The highest BCUT2D eigenvalue weighted by atomic mass is 16.4. The molecule has 0 spiro atoms. The smallest absolute Gasteiger partial charge is 0.303 e. The van der Waals surface area contributed by atoms with Gasteiger partial charge in [-0.25, -0.2) is 0 Å². The van der Waals surface area contributed by atoms with Gasteiger partial charge in [0.2, 0.25) is 0 Å². The van der Waals surface area contributed by atoms with E-state index in [4.69, 9.17) is 5.11 Å². The predicted molar refractivity (Wildman–Crippen MR) is 71.3 cm³/mol. The molecule has 0 saturated heterocycles. The van der Waals surface area contributed by atoms with Crippen LogP contribution in [0.3, 0.4) is 0 Å². The van der Waals surface area contributed by atoms with Crippen molar-refractivity contribution in [3.63, 3.8) is 0 Å². The molecule has 0 aliphatic rings. The second kappa shape index (κ2) is 8.48. The lowest BCUT2D eigenvalue weighted by Gasteiger charge is -2.27. The van der Waals surface area contributed by atoms with Gasteiger partial charge >= 0.3 is 5.97 Å². The van der Waals surface area contributed by atoms with E-state index in [-0.39, 0.29) is 12.5 Å². The SMILES string of the molecule is CC(C)CC(CN(C)C)NC(C)CCC(=O)O. The van der Waals surface area contributed by atoms with Crippen LogP contribution < -0.4 is 5.32 Å². The lowest BCUT2D eigenvalue weighted by Crippen LogP contribution is -2.43. The molecule has 17 heavy (non-hydrogen) atoms. The highest BCUT2D eigenvalue weighted by Crippen LogP contribution is 2.08. The fraction of sp³-hybridized carbons (Fsp3) is 0.923. The van der Waals surface area contributed by atoms with Gasteiger partial charge in [-0.05, 0) is 39.8 Å². The Balaban J connectivity index is 4.07. The second-order valence-corrected chi connectivity index (χ2v) is 5.59. The third kappa shape index (κ3) is 10.3. The molecular weight excluding hydrogens is 216 g/mol. The van der Waals surface area contributed by atoms with Crippen molar-refractivity contribution in [3.05, 3.63) is 0 Å². The number of carboxylic acids is 1. The minimum absolute atomic E-state index is 0.241. The number of carboxylic acid groups (broad SMARTS) is 1. The van der Waals surface area contributed by atoms with Gasteiger partial charge in [-0.2, -0.15) is 0 Å². The minimum atomic E-state index is -0.716. The Kier molecular flexibility index (Phi) is 8.17. The normalized spacial score (nSPS) is 15.2. The second-order valence-electron chi connectivity index (χ2n) is 5.59. The van der Waals surface area contributed by atoms with Crippen LogP contribution in [0.5, 0.6) is 0 Å². The molecule has 102 valence electrons. The van der Waals surface area contributed by atoms with Gasteiger partial charge in [0.25, 0.3) is 0 Å². The first kappa shape index (κ1) is 16.4. The standard InChI is InChI=1S/C13H28N2O2/c1-10(2)8-12(9-15(4)5)14-11(3)6-7-13(16)17/h10-12,14H,6-9H2,1-5H3,(H,16,17). The number of hydrogen-bond acceptors (Lipinski definition) is 3.